The Morgan fingerprint density at radius 2 is 1.86 bits per heavy atom. The van der Waals surface area contributed by atoms with Gasteiger partial charge in [0.25, 0.3) is 0 Å². The molecular formula is C14H18FN3O2S. The average molecular weight is 311 g/mol. The minimum Gasteiger partial charge on any atom is -0.281 e. The third-order valence-corrected chi connectivity index (χ3v) is 4.81. The summed E-state index contributed by atoms with van der Waals surface area (Å²) in [6, 6.07) is 5.38. The van der Waals surface area contributed by atoms with Gasteiger partial charge in [0.05, 0.1) is 11.9 Å². The van der Waals surface area contributed by atoms with E-state index >= 15 is 0 Å². The number of sulfonamides is 1. The molecule has 0 saturated carbocycles. The predicted molar refractivity (Wildman–Crippen MR) is 77.6 cm³/mol. The lowest BCUT2D eigenvalue weighted by Crippen LogP contribution is -2.32. The van der Waals surface area contributed by atoms with Crippen LogP contribution in [0, 0.1) is 18.7 Å². The Kier molecular flexibility index (Phi) is 4.43. The zero-order chi connectivity index (χ0) is 15.6. The zero-order valence-electron chi connectivity index (χ0n) is 12.1. The first-order valence-corrected chi connectivity index (χ1v) is 8.07. The van der Waals surface area contributed by atoms with E-state index in [-0.39, 0.29) is 16.6 Å². The number of aromatic nitrogens is 2. The largest absolute Gasteiger partial charge is 0.281 e. The quantitative estimate of drug-likeness (QED) is 0.891. The maximum Gasteiger partial charge on any atom is 0.244 e. The van der Waals surface area contributed by atoms with Gasteiger partial charge < -0.3 is 0 Å². The van der Waals surface area contributed by atoms with Crippen molar-refractivity contribution in [1.29, 1.82) is 0 Å². The Hall–Kier alpha value is -1.73. The molecule has 0 aliphatic heterocycles. The minimum absolute atomic E-state index is 0.0115. The summed E-state index contributed by atoms with van der Waals surface area (Å²) in [5, 5.41) is 6.34. The van der Waals surface area contributed by atoms with Crippen molar-refractivity contribution in [3.8, 4) is 0 Å². The van der Waals surface area contributed by atoms with Crippen molar-refractivity contribution in [3.63, 3.8) is 0 Å². The maximum atomic E-state index is 13.0. The highest BCUT2D eigenvalue weighted by molar-refractivity contribution is 7.89. The molecule has 0 amide bonds. The summed E-state index contributed by atoms with van der Waals surface area (Å²) in [4.78, 5) is 0.121. The van der Waals surface area contributed by atoms with Gasteiger partial charge in [-0.1, -0.05) is 26.0 Å². The van der Waals surface area contributed by atoms with Crippen LogP contribution in [0.4, 0.5) is 4.39 Å². The Labute approximate surface area is 123 Å². The molecule has 0 fully saturated rings. The highest BCUT2D eigenvalue weighted by atomic mass is 32.2. The van der Waals surface area contributed by atoms with Gasteiger partial charge in [-0.25, -0.2) is 17.5 Å². The summed E-state index contributed by atoms with van der Waals surface area (Å²) in [7, 11) is -3.69. The highest BCUT2D eigenvalue weighted by Gasteiger charge is 2.26. The molecule has 114 valence electrons. The van der Waals surface area contributed by atoms with Crippen LogP contribution < -0.4 is 4.72 Å². The van der Waals surface area contributed by atoms with Gasteiger partial charge in [0.15, 0.2) is 0 Å². The second-order valence-corrected chi connectivity index (χ2v) is 6.94. The fourth-order valence-electron chi connectivity index (χ4n) is 2.10. The number of rotatable bonds is 5. The average Bonchev–Trinajstić information content (AvgIpc) is 2.84. The Balaban J connectivity index is 2.33. The van der Waals surface area contributed by atoms with Crippen LogP contribution in [0.5, 0.6) is 0 Å². The monoisotopic (exact) mass is 311 g/mol. The van der Waals surface area contributed by atoms with E-state index in [2.05, 4.69) is 14.9 Å². The normalized spacial score (nSPS) is 13.6. The van der Waals surface area contributed by atoms with E-state index in [0.29, 0.717) is 5.69 Å². The van der Waals surface area contributed by atoms with Crippen LogP contribution in [-0.4, -0.2) is 18.6 Å². The van der Waals surface area contributed by atoms with Crippen LogP contribution in [-0.2, 0) is 10.0 Å². The number of halogens is 1. The van der Waals surface area contributed by atoms with Crippen molar-refractivity contribution in [1.82, 2.24) is 14.9 Å². The van der Waals surface area contributed by atoms with Gasteiger partial charge in [0.1, 0.15) is 10.7 Å². The molecule has 1 aromatic carbocycles. The number of aryl methyl sites for hydroxylation is 1. The highest BCUT2D eigenvalue weighted by Crippen LogP contribution is 2.25. The molecule has 2 N–H and O–H groups in total. The molecule has 7 heteroatoms. The van der Waals surface area contributed by atoms with Crippen molar-refractivity contribution in [3.05, 3.63) is 47.5 Å². The van der Waals surface area contributed by atoms with Crippen molar-refractivity contribution in [2.75, 3.05) is 0 Å². The molecule has 1 unspecified atom stereocenters. The Morgan fingerprint density at radius 1 is 1.24 bits per heavy atom. The molecule has 0 aliphatic carbocycles. The molecule has 0 bridgehead atoms. The van der Waals surface area contributed by atoms with Gasteiger partial charge in [0.2, 0.25) is 10.0 Å². The summed E-state index contributed by atoms with van der Waals surface area (Å²) < 4.78 is 40.5. The fraction of sp³-hybridized carbons (Fsp3) is 0.357. The van der Waals surface area contributed by atoms with E-state index in [4.69, 9.17) is 0 Å². The number of hydrogen-bond acceptors (Lipinski definition) is 3. The third kappa shape index (κ3) is 3.48. The number of nitrogens with zero attached hydrogens (tertiary/aromatic N) is 1. The van der Waals surface area contributed by atoms with E-state index in [0.717, 1.165) is 5.56 Å². The Bertz CT molecular complexity index is 708. The van der Waals surface area contributed by atoms with Crippen LogP contribution >= 0.6 is 0 Å². The van der Waals surface area contributed by atoms with E-state index < -0.39 is 16.1 Å². The van der Waals surface area contributed by atoms with Gasteiger partial charge in [-0.05, 0) is 30.5 Å². The molecule has 21 heavy (non-hydrogen) atoms. The molecular weight excluding hydrogens is 293 g/mol. The number of H-pyrrole nitrogens is 1. The molecule has 5 nitrogen and oxygen atoms in total. The van der Waals surface area contributed by atoms with Crippen LogP contribution in [0.1, 0.15) is 31.1 Å². The van der Waals surface area contributed by atoms with E-state index in [9.17, 15) is 12.8 Å². The van der Waals surface area contributed by atoms with E-state index in [1.807, 2.05) is 13.8 Å². The Morgan fingerprint density at radius 3 is 2.33 bits per heavy atom. The molecule has 0 radical (unpaired) electrons. The van der Waals surface area contributed by atoms with Gasteiger partial charge in [-0.2, -0.15) is 5.10 Å². The second kappa shape index (κ2) is 5.95. The smallest absolute Gasteiger partial charge is 0.244 e. The van der Waals surface area contributed by atoms with Crippen LogP contribution in [0.25, 0.3) is 0 Å². The first-order chi connectivity index (χ1) is 9.81. The number of benzene rings is 1. The summed E-state index contributed by atoms with van der Waals surface area (Å²) in [6.07, 6.45) is 1.28. The van der Waals surface area contributed by atoms with Gasteiger partial charge in [0, 0.05) is 6.04 Å². The molecule has 0 aliphatic rings. The lowest BCUT2D eigenvalue weighted by atomic mass is 9.97. The zero-order valence-corrected chi connectivity index (χ0v) is 12.9. The van der Waals surface area contributed by atoms with Crippen molar-refractivity contribution < 1.29 is 12.8 Å². The van der Waals surface area contributed by atoms with Gasteiger partial charge in [-0.3, -0.25) is 5.10 Å². The molecule has 1 atom stereocenters. The SMILES string of the molecule is Cc1[nH]ncc1S(=O)(=O)NC(c1ccc(F)cc1)C(C)C. The van der Waals surface area contributed by atoms with Crippen molar-refractivity contribution in [2.45, 2.75) is 31.7 Å². The topological polar surface area (TPSA) is 74.8 Å². The van der Waals surface area contributed by atoms with Crippen molar-refractivity contribution in [2.24, 2.45) is 5.92 Å². The molecule has 2 rings (SSSR count). The number of aromatic amines is 1. The van der Waals surface area contributed by atoms with E-state index in [1.165, 1.54) is 18.3 Å². The summed E-state index contributed by atoms with van der Waals surface area (Å²) in [5.74, 6) is -0.341. The van der Waals surface area contributed by atoms with Crippen LogP contribution in [0.15, 0.2) is 35.4 Å². The molecule has 1 aromatic heterocycles. The molecule has 0 spiro atoms. The number of nitrogens with one attached hydrogen (secondary N) is 2. The van der Waals surface area contributed by atoms with Crippen LogP contribution in [0.3, 0.4) is 0 Å². The van der Waals surface area contributed by atoms with Crippen LogP contribution in [0.2, 0.25) is 0 Å². The van der Waals surface area contributed by atoms with Crippen molar-refractivity contribution >= 4 is 10.0 Å². The molecule has 2 aromatic rings. The second-order valence-electron chi connectivity index (χ2n) is 5.25. The molecule has 0 saturated heterocycles. The number of hydrogen-bond donors (Lipinski definition) is 2. The first kappa shape index (κ1) is 15.7. The predicted octanol–water partition coefficient (Wildman–Crippen LogP) is 2.53. The van der Waals surface area contributed by atoms with E-state index in [1.54, 1.807) is 19.1 Å². The van der Waals surface area contributed by atoms with Gasteiger partial charge in [-0.15, -0.1) is 0 Å². The fourth-order valence-corrected chi connectivity index (χ4v) is 3.61. The maximum absolute atomic E-state index is 13.0. The summed E-state index contributed by atoms with van der Waals surface area (Å²) in [5.41, 5.74) is 1.19. The third-order valence-electron chi connectivity index (χ3n) is 3.25. The first-order valence-electron chi connectivity index (χ1n) is 6.59. The standard InChI is InChI=1S/C14H18FN3O2S/c1-9(2)14(11-4-6-12(15)7-5-11)18-21(19,20)13-8-16-17-10(13)3/h4-9,14,18H,1-3H3,(H,16,17). The summed E-state index contributed by atoms with van der Waals surface area (Å²) >= 11 is 0. The minimum atomic E-state index is -3.69. The lowest BCUT2D eigenvalue weighted by molar-refractivity contribution is 0.462. The summed E-state index contributed by atoms with van der Waals surface area (Å²) in [6.45, 7) is 5.45. The lowest BCUT2D eigenvalue weighted by Gasteiger charge is -2.22. The van der Waals surface area contributed by atoms with Gasteiger partial charge >= 0.3 is 0 Å². The molecule has 1 heterocycles.